The van der Waals surface area contributed by atoms with E-state index in [9.17, 15) is 32.4 Å². The number of nitrogens with one attached hydrogen (secondary N) is 4. The van der Waals surface area contributed by atoms with Crippen molar-refractivity contribution in [3.8, 4) is 11.5 Å². The van der Waals surface area contributed by atoms with Crippen molar-refractivity contribution in [1.82, 2.24) is 25.9 Å². The molecule has 0 radical (unpaired) electrons. The third-order valence-electron chi connectivity index (χ3n) is 9.85. The Morgan fingerprint density at radius 3 is 1.78 bits per heavy atom. The summed E-state index contributed by atoms with van der Waals surface area (Å²) < 4.78 is 60.7. The topological polar surface area (TPSA) is 269 Å². The SMILES string of the molecule is CC(C)(CCCCc1ccc(Oc2ccc(S(=O)(=O)Nc3ncc(C(=O)NCCC(=O)NCCOCCOCC(=O)NCCOCCOCC(=O)O)cn3)cc2)cc1)CC(C)(C)C(=O)OC(C)(C)C. The first-order chi connectivity index (χ1) is 32.5. The molecule has 21 heteroatoms. The minimum Gasteiger partial charge on any atom is -0.480 e. The van der Waals surface area contributed by atoms with E-state index in [2.05, 4.69) is 44.5 Å². The number of hydrogen-bond donors (Lipinski definition) is 5. The van der Waals surface area contributed by atoms with Gasteiger partial charge in [0.25, 0.3) is 15.9 Å². The van der Waals surface area contributed by atoms with Crippen LogP contribution < -0.4 is 25.4 Å². The summed E-state index contributed by atoms with van der Waals surface area (Å²) >= 11 is 0. The summed E-state index contributed by atoms with van der Waals surface area (Å²) in [6, 6.07) is 13.6. The molecule has 3 rings (SSSR count). The Morgan fingerprint density at radius 1 is 0.652 bits per heavy atom. The molecule has 0 aliphatic heterocycles. The Hall–Kier alpha value is -5.74. The number of esters is 1. The molecular formula is C48H70N6O14S. The number of ether oxygens (including phenoxy) is 6. The van der Waals surface area contributed by atoms with Gasteiger partial charge in [0.05, 0.1) is 55.5 Å². The smallest absolute Gasteiger partial charge is 0.329 e. The molecule has 0 fully saturated rings. The minimum absolute atomic E-state index is 0.0110. The molecule has 0 bridgehead atoms. The van der Waals surface area contributed by atoms with E-state index in [0.717, 1.165) is 44.5 Å². The Bertz CT molecular complexity index is 2180. The van der Waals surface area contributed by atoms with E-state index in [0.29, 0.717) is 11.5 Å². The maximum atomic E-state index is 13.1. The van der Waals surface area contributed by atoms with E-state index in [1.165, 1.54) is 29.8 Å². The van der Waals surface area contributed by atoms with Crippen LogP contribution in [0.15, 0.2) is 65.8 Å². The Kier molecular flexibility index (Phi) is 23.9. The van der Waals surface area contributed by atoms with Gasteiger partial charge in [-0.25, -0.2) is 27.9 Å². The number of aliphatic carboxylic acids is 1. The average molecular weight is 987 g/mol. The quantitative estimate of drug-likeness (QED) is 0.0394. The fourth-order valence-electron chi connectivity index (χ4n) is 6.75. The lowest BCUT2D eigenvalue weighted by Gasteiger charge is -2.35. The fraction of sp³-hybridized carbons (Fsp3) is 0.562. The number of benzene rings is 2. The summed E-state index contributed by atoms with van der Waals surface area (Å²) in [6.45, 7) is 15.0. The van der Waals surface area contributed by atoms with Gasteiger partial charge in [-0.3, -0.25) is 19.2 Å². The van der Waals surface area contributed by atoms with Crippen LogP contribution in [-0.2, 0) is 59.3 Å². The molecule has 1 aromatic heterocycles. The summed E-state index contributed by atoms with van der Waals surface area (Å²) in [5.41, 5.74) is 0.115. The van der Waals surface area contributed by atoms with Crippen LogP contribution in [0.1, 0.15) is 96.5 Å². The van der Waals surface area contributed by atoms with Gasteiger partial charge < -0.3 is 49.5 Å². The van der Waals surface area contributed by atoms with Gasteiger partial charge in [0.1, 0.15) is 30.3 Å². The van der Waals surface area contributed by atoms with Crippen molar-refractivity contribution in [1.29, 1.82) is 0 Å². The van der Waals surface area contributed by atoms with Gasteiger partial charge in [0.2, 0.25) is 17.8 Å². The van der Waals surface area contributed by atoms with Crippen LogP contribution in [0, 0.1) is 10.8 Å². The lowest BCUT2D eigenvalue weighted by Crippen LogP contribution is -2.36. The molecule has 0 spiro atoms. The largest absolute Gasteiger partial charge is 0.480 e. The molecule has 382 valence electrons. The van der Waals surface area contributed by atoms with E-state index in [4.69, 9.17) is 33.5 Å². The third kappa shape index (κ3) is 24.4. The number of unbranched alkanes of at least 4 members (excludes halogenated alkanes) is 1. The van der Waals surface area contributed by atoms with Crippen LogP contribution in [0.3, 0.4) is 0 Å². The number of carbonyl (C=O) groups excluding carboxylic acids is 4. The van der Waals surface area contributed by atoms with Crippen LogP contribution in [-0.4, -0.2) is 131 Å². The Morgan fingerprint density at radius 2 is 1.20 bits per heavy atom. The molecule has 0 aliphatic rings. The third-order valence-corrected chi connectivity index (χ3v) is 11.2. The van der Waals surface area contributed by atoms with Crippen molar-refractivity contribution in [3.63, 3.8) is 0 Å². The van der Waals surface area contributed by atoms with Crippen LogP contribution in [0.25, 0.3) is 0 Å². The van der Waals surface area contributed by atoms with Crippen LogP contribution in [0.2, 0.25) is 0 Å². The molecule has 69 heavy (non-hydrogen) atoms. The van der Waals surface area contributed by atoms with E-state index in [1.54, 1.807) is 0 Å². The second kappa shape index (κ2) is 28.7. The summed E-state index contributed by atoms with van der Waals surface area (Å²) in [7, 11) is -4.08. The van der Waals surface area contributed by atoms with Gasteiger partial charge in [0.15, 0.2) is 0 Å². The zero-order valence-electron chi connectivity index (χ0n) is 40.9. The zero-order chi connectivity index (χ0) is 50.9. The molecule has 2 aromatic carbocycles. The van der Waals surface area contributed by atoms with Gasteiger partial charge in [-0.1, -0.05) is 32.4 Å². The number of carbonyl (C=O) groups is 5. The predicted molar refractivity (Wildman–Crippen MR) is 255 cm³/mol. The molecule has 3 amide bonds. The maximum absolute atomic E-state index is 13.1. The molecule has 5 N–H and O–H groups in total. The molecule has 1 heterocycles. The average Bonchev–Trinajstić information content (AvgIpc) is 3.26. The monoisotopic (exact) mass is 986 g/mol. The van der Waals surface area contributed by atoms with Crippen molar-refractivity contribution < 1.29 is 65.9 Å². The van der Waals surface area contributed by atoms with Gasteiger partial charge in [-0.15, -0.1) is 0 Å². The van der Waals surface area contributed by atoms with Crippen LogP contribution in [0.4, 0.5) is 5.95 Å². The van der Waals surface area contributed by atoms with E-state index < -0.39 is 39.5 Å². The zero-order valence-corrected chi connectivity index (χ0v) is 41.7. The molecule has 20 nitrogen and oxygen atoms in total. The molecule has 0 saturated heterocycles. The second-order valence-corrected chi connectivity index (χ2v) is 20.2. The summed E-state index contributed by atoms with van der Waals surface area (Å²) in [5.74, 6) is -1.64. The van der Waals surface area contributed by atoms with E-state index in [-0.39, 0.29) is 112 Å². The first-order valence-corrected chi connectivity index (χ1v) is 24.3. The maximum Gasteiger partial charge on any atom is 0.329 e. The highest BCUT2D eigenvalue weighted by atomic mass is 32.2. The summed E-state index contributed by atoms with van der Waals surface area (Å²) in [6.07, 6.45) is 6.95. The van der Waals surface area contributed by atoms with Gasteiger partial charge >= 0.3 is 11.9 Å². The Balaban J connectivity index is 1.27. The number of carboxylic acids is 1. The van der Waals surface area contributed by atoms with Gasteiger partial charge in [0, 0.05) is 38.4 Å². The first-order valence-electron chi connectivity index (χ1n) is 22.8. The highest BCUT2D eigenvalue weighted by Gasteiger charge is 2.37. The molecule has 0 saturated carbocycles. The normalized spacial score (nSPS) is 11.9. The fourth-order valence-corrected chi connectivity index (χ4v) is 7.71. The number of hydrogen-bond acceptors (Lipinski definition) is 15. The van der Waals surface area contributed by atoms with Crippen molar-refractivity contribution >= 4 is 45.6 Å². The van der Waals surface area contributed by atoms with Gasteiger partial charge in [-0.05, 0) is 108 Å². The molecule has 0 unspecified atom stereocenters. The lowest BCUT2D eigenvalue weighted by molar-refractivity contribution is -0.167. The number of nitrogens with zero attached hydrogens (tertiary/aromatic N) is 2. The van der Waals surface area contributed by atoms with Crippen molar-refractivity contribution in [2.24, 2.45) is 10.8 Å². The number of anilines is 1. The van der Waals surface area contributed by atoms with Crippen LogP contribution >= 0.6 is 0 Å². The van der Waals surface area contributed by atoms with E-state index >= 15 is 0 Å². The molecule has 0 aliphatic carbocycles. The summed E-state index contributed by atoms with van der Waals surface area (Å²) in [5, 5.41) is 16.3. The highest BCUT2D eigenvalue weighted by molar-refractivity contribution is 7.92. The molecule has 0 atom stereocenters. The van der Waals surface area contributed by atoms with Crippen molar-refractivity contribution in [2.75, 3.05) is 77.2 Å². The number of aryl methyl sites for hydroxylation is 1. The first kappa shape index (κ1) is 57.6. The minimum atomic E-state index is -4.08. The van der Waals surface area contributed by atoms with Crippen molar-refractivity contribution in [2.45, 2.75) is 97.5 Å². The number of carboxylic acid groups (broad SMARTS) is 1. The Labute approximate surface area is 405 Å². The number of amides is 3. The van der Waals surface area contributed by atoms with Gasteiger partial charge in [-0.2, -0.15) is 0 Å². The van der Waals surface area contributed by atoms with Crippen molar-refractivity contribution in [3.05, 3.63) is 72.1 Å². The lowest BCUT2D eigenvalue weighted by atomic mass is 9.72. The number of rotatable bonds is 33. The molecule has 3 aromatic rings. The van der Waals surface area contributed by atoms with E-state index in [1.807, 2.05) is 58.9 Å². The molecular weight excluding hydrogens is 917 g/mol. The second-order valence-electron chi connectivity index (χ2n) is 18.5. The number of aromatic nitrogens is 2. The predicted octanol–water partition coefficient (Wildman–Crippen LogP) is 5.07. The number of sulfonamides is 1. The standard InChI is InChI=1S/C48H70N6O14S/c1-46(2,3)68-44(60)48(6,7)34-47(4,5)20-9-8-10-35-11-13-37(14-12-35)67-38-15-17-39(18-16-38)69(61,62)54-45-52-30-36(31-53-45)43(59)51-21-19-40(55)49-22-24-63-26-28-65-32-41(56)50-23-25-64-27-29-66-33-42(57)58/h11-18,30-31H,8-10,19-29,32-34H2,1-7H3,(H,49,55)(H,50,56)(H,51,59)(H,57,58)(H,52,53,54). The van der Waals surface area contributed by atoms with Crippen LogP contribution in [0.5, 0.6) is 11.5 Å². The highest BCUT2D eigenvalue weighted by Crippen LogP contribution is 2.39. The summed E-state index contributed by atoms with van der Waals surface area (Å²) in [4.78, 5) is 67.5.